The highest BCUT2D eigenvalue weighted by Crippen LogP contribution is 2.32. The predicted molar refractivity (Wildman–Crippen MR) is 55.5 cm³/mol. The van der Waals surface area contributed by atoms with Crippen molar-refractivity contribution in [2.75, 3.05) is 25.6 Å². The zero-order valence-corrected chi connectivity index (χ0v) is 8.37. The van der Waals surface area contributed by atoms with Gasteiger partial charge in [0, 0.05) is 18.8 Å². The van der Waals surface area contributed by atoms with Gasteiger partial charge >= 0.3 is 6.03 Å². The van der Waals surface area contributed by atoms with Crippen molar-refractivity contribution in [3.8, 4) is 11.5 Å². The second-order valence-corrected chi connectivity index (χ2v) is 3.06. The number of ether oxygens (including phenoxy) is 2. The van der Waals surface area contributed by atoms with Crippen LogP contribution in [0.15, 0.2) is 18.2 Å². The molecule has 0 saturated carbocycles. The number of amides is 2. The molecule has 1 aliphatic heterocycles. The minimum atomic E-state index is -0.258. The molecule has 0 aromatic heterocycles. The van der Waals surface area contributed by atoms with Gasteiger partial charge in [-0.25, -0.2) is 4.79 Å². The molecule has 1 aliphatic rings. The molecule has 1 aromatic rings. The maximum Gasteiger partial charge on any atom is 0.318 e. The average molecular weight is 208 g/mol. The van der Waals surface area contributed by atoms with Crippen LogP contribution in [-0.2, 0) is 0 Å². The van der Waals surface area contributed by atoms with Gasteiger partial charge in [0.05, 0.1) is 0 Å². The molecular weight excluding hydrogens is 196 g/mol. The molecule has 1 aromatic carbocycles. The molecule has 80 valence electrons. The van der Waals surface area contributed by atoms with Crippen molar-refractivity contribution < 1.29 is 14.3 Å². The van der Waals surface area contributed by atoms with Crippen molar-refractivity contribution in [2.45, 2.75) is 0 Å². The van der Waals surface area contributed by atoms with Gasteiger partial charge in [0.25, 0.3) is 0 Å². The molecule has 0 atom stereocenters. The predicted octanol–water partition coefficient (Wildman–Crippen LogP) is 1.21. The number of hydrogen-bond donors (Lipinski definition) is 2. The Hall–Kier alpha value is -1.91. The topological polar surface area (TPSA) is 59.6 Å². The Bertz CT molecular complexity index is 379. The second kappa shape index (κ2) is 4.08. The lowest BCUT2D eigenvalue weighted by Gasteiger charge is -2.18. The minimum absolute atomic E-state index is 0.258. The maximum absolute atomic E-state index is 11.1. The molecule has 2 rings (SSSR count). The maximum atomic E-state index is 11.1. The quantitative estimate of drug-likeness (QED) is 0.729. The molecule has 0 saturated heterocycles. The normalized spacial score (nSPS) is 13.1. The number of fused-ring (bicyclic) bond motifs is 1. The van der Waals surface area contributed by atoms with Crippen molar-refractivity contribution in [1.82, 2.24) is 5.32 Å². The third kappa shape index (κ3) is 2.12. The first kappa shape index (κ1) is 9.64. The van der Waals surface area contributed by atoms with E-state index in [0.717, 1.165) is 0 Å². The zero-order valence-electron chi connectivity index (χ0n) is 8.37. The Balaban J connectivity index is 2.17. The van der Waals surface area contributed by atoms with E-state index in [1.165, 1.54) is 0 Å². The molecule has 0 fully saturated rings. The third-order valence-electron chi connectivity index (χ3n) is 2.03. The number of nitrogens with one attached hydrogen (secondary N) is 2. The number of carbonyl (C=O) groups excluding carboxylic acids is 1. The molecule has 0 radical (unpaired) electrons. The van der Waals surface area contributed by atoms with Crippen LogP contribution >= 0.6 is 0 Å². The number of urea groups is 1. The highest BCUT2D eigenvalue weighted by atomic mass is 16.6. The van der Waals surface area contributed by atoms with Crippen molar-refractivity contribution in [2.24, 2.45) is 0 Å². The Morgan fingerprint density at radius 1 is 1.27 bits per heavy atom. The third-order valence-corrected chi connectivity index (χ3v) is 2.03. The summed E-state index contributed by atoms with van der Waals surface area (Å²) < 4.78 is 10.7. The zero-order chi connectivity index (χ0) is 10.7. The Labute approximate surface area is 87.4 Å². The van der Waals surface area contributed by atoms with Crippen LogP contribution in [0.4, 0.5) is 10.5 Å². The highest BCUT2D eigenvalue weighted by Gasteiger charge is 2.12. The first-order chi connectivity index (χ1) is 7.29. The number of hydrogen-bond acceptors (Lipinski definition) is 3. The van der Waals surface area contributed by atoms with E-state index in [4.69, 9.17) is 9.47 Å². The Kier molecular flexibility index (Phi) is 2.62. The standard InChI is InChI=1S/C10H12N2O3/c1-11-10(13)12-7-2-3-8-9(6-7)15-5-4-14-8/h2-3,6H,4-5H2,1H3,(H2,11,12,13). The first-order valence-corrected chi connectivity index (χ1v) is 4.68. The van der Waals surface area contributed by atoms with E-state index in [9.17, 15) is 4.79 Å². The fraction of sp³-hybridized carbons (Fsp3) is 0.300. The molecule has 15 heavy (non-hydrogen) atoms. The SMILES string of the molecule is CNC(=O)Nc1ccc2c(c1)OCCO2. The molecule has 0 aliphatic carbocycles. The molecular formula is C10H12N2O3. The molecule has 0 bridgehead atoms. The van der Waals surface area contributed by atoms with E-state index in [0.29, 0.717) is 30.4 Å². The minimum Gasteiger partial charge on any atom is -0.486 e. The van der Waals surface area contributed by atoms with Gasteiger partial charge in [0.2, 0.25) is 0 Å². The van der Waals surface area contributed by atoms with Gasteiger partial charge in [-0.1, -0.05) is 0 Å². The van der Waals surface area contributed by atoms with Crippen LogP contribution in [0.25, 0.3) is 0 Å². The van der Waals surface area contributed by atoms with Gasteiger partial charge in [-0.3, -0.25) is 0 Å². The van der Waals surface area contributed by atoms with Crippen LogP contribution in [-0.4, -0.2) is 26.3 Å². The van der Waals surface area contributed by atoms with Crippen LogP contribution in [0.2, 0.25) is 0 Å². The molecule has 0 unspecified atom stereocenters. The van der Waals surface area contributed by atoms with Crippen molar-refractivity contribution in [1.29, 1.82) is 0 Å². The van der Waals surface area contributed by atoms with Gasteiger partial charge in [-0.15, -0.1) is 0 Å². The smallest absolute Gasteiger partial charge is 0.318 e. The lowest BCUT2D eigenvalue weighted by molar-refractivity contribution is 0.171. The van der Waals surface area contributed by atoms with Crippen LogP contribution < -0.4 is 20.1 Å². The lowest BCUT2D eigenvalue weighted by Crippen LogP contribution is -2.24. The van der Waals surface area contributed by atoms with E-state index >= 15 is 0 Å². The average Bonchev–Trinajstić information content (AvgIpc) is 2.29. The van der Waals surface area contributed by atoms with Gasteiger partial charge in [-0.2, -0.15) is 0 Å². The van der Waals surface area contributed by atoms with Crippen LogP contribution in [0, 0.1) is 0 Å². The molecule has 2 amide bonds. The molecule has 5 heteroatoms. The molecule has 1 heterocycles. The molecule has 2 N–H and O–H groups in total. The summed E-state index contributed by atoms with van der Waals surface area (Å²) in [5.41, 5.74) is 0.679. The van der Waals surface area contributed by atoms with Gasteiger partial charge in [-0.05, 0) is 12.1 Å². The summed E-state index contributed by atoms with van der Waals surface area (Å²) in [4.78, 5) is 11.1. The summed E-state index contributed by atoms with van der Waals surface area (Å²) in [5, 5.41) is 5.13. The van der Waals surface area contributed by atoms with E-state index < -0.39 is 0 Å². The van der Waals surface area contributed by atoms with E-state index in [-0.39, 0.29) is 6.03 Å². The van der Waals surface area contributed by atoms with Crippen molar-refractivity contribution >= 4 is 11.7 Å². The Morgan fingerprint density at radius 3 is 2.73 bits per heavy atom. The van der Waals surface area contributed by atoms with E-state index in [2.05, 4.69) is 10.6 Å². The number of anilines is 1. The fourth-order valence-electron chi connectivity index (χ4n) is 1.31. The summed E-state index contributed by atoms with van der Waals surface area (Å²) in [6, 6.07) is 5.03. The number of rotatable bonds is 1. The first-order valence-electron chi connectivity index (χ1n) is 4.68. The van der Waals surface area contributed by atoms with Crippen LogP contribution in [0.1, 0.15) is 0 Å². The van der Waals surface area contributed by atoms with Gasteiger partial charge in [0.1, 0.15) is 13.2 Å². The van der Waals surface area contributed by atoms with E-state index in [1.807, 2.05) is 0 Å². The Morgan fingerprint density at radius 2 is 2.00 bits per heavy atom. The van der Waals surface area contributed by atoms with Crippen molar-refractivity contribution in [3.63, 3.8) is 0 Å². The van der Waals surface area contributed by atoms with Crippen molar-refractivity contribution in [3.05, 3.63) is 18.2 Å². The monoisotopic (exact) mass is 208 g/mol. The summed E-state index contributed by atoms with van der Waals surface area (Å²) in [6.07, 6.45) is 0. The molecule has 5 nitrogen and oxygen atoms in total. The summed E-state index contributed by atoms with van der Waals surface area (Å²) >= 11 is 0. The van der Waals surface area contributed by atoms with Crippen LogP contribution in [0.5, 0.6) is 11.5 Å². The summed E-state index contributed by atoms with van der Waals surface area (Å²) in [7, 11) is 1.56. The number of benzene rings is 1. The highest BCUT2D eigenvalue weighted by molar-refractivity contribution is 5.89. The molecule has 0 spiro atoms. The summed E-state index contributed by atoms with van der Waals surface area (Å²) in [5.74, 6) is 1.37. The second-order valence-electron chi connectivity index (χ2n) is 3.06. The van der Waals surface area contributed by atoms with Crippen LogP contribution in [0.3, 0.4) is 0 Å². The lowest BCUT2D eigenvalue weighted by atomic mass is 10.2. The van der Waals surface area contributed by atoms with Gasteiger partial charge in [0.15, 0.2) is 11.5 Å². The number of carbonyl (C=O) groups is 1. The van der Waals surface area contributed by atoms with Gasteiger partial charge < -0.3 is 20.1 Å². The largest absolute Gasteiger partial charge is 0.486 e. The summed E-state index contributed by atoms with van der Waals surface area (Å²) in [6.45, 7) is 1.10. The van der Waals surface area contributed by atoms with E-state index in [1.54, 1.807) is 25.2 Å². The fourth-order valence-corrected chi connectivity index (χ4v) is 1.31.